The van der Waals surface area contributed by atoms with Crippen LogP contribution >= 0.6 is 0 Å². The van der Waals surface area contributed by atoms with Gasteiger partial charge in [0, 0.05) is 11.3 Å². The number of ether oxygens (including phenoxy) is 2. The lowest BCUT2D eigenvalue weighted by atomic mass is 10.1. The third-order valence-corrected chi connectivity index (χ3v) is 3.80. The molecule has 5 heteroatoms. The van der Waals surface area contributed by atoms with E-state index in [1.165, 1.54) is 0 Å². The van der Waals surface area contributed by atoms with Gasteiger partial charge in [-0.1, -0.05) is 0 Å². The van der Waals surface area contributed by atoms with Gasteiger partial charge in [-0.05, 0) is 48.5 Å². The van der Waals surface area contributed by atoms with E-state index < -0.39 is 0 Å². The Balaban J connectivity index is 1.78. The first kappa shape index (κ1) is 14.3. The number of anilines is 1. The summed E-state index contributed by atoms with van der Waals surface area (Å²) >= 11 is 0. The first-order chi connectivity index (χ1) is 10.7. The fraction of sp³-hybridized carbons (Fsp3) is 0.235. The monoisotopic (exact) mass is 298 g/mol. The van der Waals surface area contributed by atoms with Crippen LogP contribution in [0.3, 0.4) is 0 Å². The number of hydrogen-bond acceptors (Lipinski definition) is 4. The molecule has 0 atom stereocenters. The molecule has 1 aliphatic rings. The molecule has 0 aromatic heterocycles. The minimum atomic E-state index is 0.327. The lowest BCUT2D eigenvalue weighted by Gasteiger charge is -2.14. The molecule has 0 bridgehead atoms. The van der Waals surface area contributed by atoms with Crippen molar-refractivity contribution >= 4 is 11.4 Å². The smallest absolute Gasteiger partial charge is 0.229 e. The second kappa shape index (κ2) is 5.97. The molecule has 0 spiro atoms. The van der Waals surface area contributed by atoms with Crippen LogP contribution < -0.4 is 14.4 Å². The molecule has 0 aliphatic carbocycles. The Labute approximate surface area is 129 Å². The first-order valence-electron chi connectivity index (χ1n) is 7.05. The van der Waals surface area contributed by atoms with Gasteiger partial charge in [-0.15, -0.1) is 0 Å². The molecule has 5 nitrogen and oxygen atoms in total. The summed E-state index contributed by atoms with van der Waals surface area (Å²) in [6.45, 7) is 0.913. The summed E-state index contributed by atoms with van der Waals surface area (Å²) in [6, 6.07) is 15.3. The van der Waals surface area contributed by atoms with Crippen molar-refractivity contribution in [2.24, 2.45) is 0 Å². The molecule has 0 saturated heterocycles. The summed E-state index contributed by atoms with van der Waals surface area (Å²) in [6.07, 6.45) is 0. The fourth-order valence-electron chi connectivity index (χ4n) is 2.53. The van der Waals surface area contributed by atoms with Crippen molar-refractivity contribution in [3.05, 3.63) is 59.3 Å². The Hall–Kier alpha value is -2.69. The molecule has 0 saturated carbocycles. The van der Waals surface area contributed by atoms with Crippen LogP contribution in [0.5, 0.6) is 11.5 Å². The van der Waals surface area contributed by atoms with E-state index in [9.17, 15) is 5.21 Å². The first-order valence-corrected chi connectivity index (χ1v) is 7.05. The van der Waals surface area contributed by atoms with E-state index >= 15 is 0 Å². The van der Waals surface area contributed by atoms with Crippen molar-refractivity contribution in [3.63, 3.8) is 0 Å². The summed E-state index contributed by atoms with van der Waals surface area (Å²) in [5.41, 5.74) is 2.69. The zero-order chi connectivity index (χ0) is 15.5. The van der Waals surface area contributed by atoms with Crippen LogP contribution in [-0.4, -0.2) is 37.9 Å². The maximum atomic E-state index is 12.2. The van der Waals surface area contributed by atoms with Gasteiger partial charge in [0.05, 0.1) is 14.2 Å². The molecule has 0 fully saturated rings. The summed E-state index contributed by atoms with van der Waals surface area (Å²) in [4.78, 5) is 2.03. The van der Waals surface area contributed by atoms with Crippen molar-refractivity contribution in [3.8, 4) is 11.5 Å². The highest BCUT2D eigenvalue weighted by atomic mass is 16.5. The SMILES string of the molecule is COc1ccc(C2=[N+]([O-])CN(c3ccc(OC)cc3)C2)cc1. The topological polar surface area (TPSA) is 47.8 Å². The molecule has 1 heterocycles. The van der Waals surface area contributed by atoms with Gasteiger partial charge in [-0.2, -0.15) is 4.74 Å². The van der Waals surface area contributed by atoms with Crippen molar-refractivity contribution in [1.82, 2.24) is 0 Å². The van der Waals surface area contributed by atoms with E-state index in [2.05, 4.69) is 0 Å². The van der Waals surface area contributed by atoms with E-state index in [1.807, 2.05) is 53.4 Å². The third kappa shape index (κ3) is 2.70. The summed E-state index contributed by atoms with van der Waals surface area (Å²) in [5.74, 6) is 1.59. The molecule has 0 radical (unpaired) electrons. The molecule has 1 aliphatic heterocycles. The van der Waals surface area contributed by atoms with Gasteiger partial charge in [0.1, 0.15) is 18.0 Å². The predicted octanol–water partition coefficient (Wildman–Crippen LogP) is 2.48. The summed E-state index contributed by atoms with van der Waals surface area (Å²) < 4.78 is 11.3. The van der Waals surface area contributed by atoms with Crippen LogP contribution in [0.1, 0.15) is 5.56 Å². The number of rotatable bonds is 4. The summed E-state index contributed by atoms with van der Waals surface area (Å²) in [7, 11) is 3.27. The zero-order valence-electron chi connectivity index (χ0n) is 12.7. The standard InChI is InChI=1S/C17H18N2O3/c1-21-15-7-3-13(4-8-15)17-11-18(12-19(17)20)14-5-9-16(22-2)10-6-14/h3-10H,11-12H2,1-2H3. The number of methoxy groups -OCH3 is 2. The molecule has 22 heavy (non-hydrogen) atoms. The maximum absolute atomic E-state index is 12.2. The number of benzene rings is 2. The Kier molecular flexibility index (Phi) is 3.87. The Morgan fingerprint density at radius 3 is 2.00 bits per heavy atom. The highest BCUT2D eigenvalue weighted by Gasteiger charge is 2.27. The average molecular weight is 298 g/mol. The minimum absolute atomic E-state index is 0.327. The lowest BCUT2D eigenvalue weighted by molar-refractivity contribution is -0.447. The molecule has 3 rings (SSSR count). The quantitative estimate of drug-likeness (QED) is 0.643. The van der Waals surface area contributed by atoms with Gasteiger partial charge in [-0.25, -0.2) is 0 Å². The van der Waals surface area contributed by atoms with Crippen LogP contribution in [0.15, 0.2) is 48.5 Å². The van der Waals surface area contributed by atoms with Gasteiger partial charge in [0.15, 0.2) is 0 Å². The molecule has 2 aromatic rings. The van der Waals surface area contributed by atoms with Gasteiger partial charge in [0.25, 0.3) is 0 Å². The molecule has 2 aromatic carbocycles. The van der Waals surface area contributed by atoms with Crippen molar-refractivity contribution in [2.75, 3.05) is 32.3 Å². The second-order valence-corrected chi connectivity index (χ2v) is 5.09. The highest BCUT2D eigenvalue weighted by molar-refractivity contribution is 6.01. The average Bonchev–Trinajstić information content (AvgIpc) is 2.97. The molecule has 114 valence electrons. The second-order valence-electron chi connectivity index (χ2n) is 5.09. The van der Waals surface area contributed by atoms with E-state index in [4.69, 9.17) is 9.47 Å². The molecular weight excluding hydrogens is 280 g/mol. The third-order valence-electron chi connectivity index (χ3n) is 3.80. The molecular formula is C17H18N2O3. The number of hydroxylamine groups is 1. The highest BCUT2D eigenvalue weighted by Crippen LogP contribution is 2.22. The van der Waals surface area contributed by atoms with E-state index in [0.717, 1.165) is 33.2 Å². The normalized spacial score (nSPS) is 14.4. The van der Waals surface area contributed by atoms with Crippen molar-refractivity contribution in [1.29, 1.82) is 0 Å². The van der Waals surface area contributed by atoms with Gasteiger partial charge in [0.2, 0.25) is 12.4 Å². The molecule has 0 unspecified atom stereocenters. The van der Waals surface area contributed by atoms with Crippen molar-refractivity contribution in [2.45, 2.75) is 0 Å². The van der Waals surface area contributed by atoms with Crippen LogP contribution in [0.25, 0.3) is 0 Å². The molecule has 0 amide bonds. The van der Waals surface area contributed by atoms with Crippen molar-refractivity contribution < 1.29 is 14.2 Å². The largest absolute Gasteiger partial charge is 0.622 e. The van der Waals surface area contributed by atoms with E-state index in [0.29, 0.717) is 13.2 Å². The van der Waals surface area contributed by atoms with Gasteiger partial charge >= 0.3 is 0 Å². The Bertz CT molecular complexity index is 678. The predicted molar refractivity (Wildman–Crippen MR) is 85.9 cm³/mol. The Morgan fingerprint density at radius 1 is 0.909 bits per heavy atom. The number of nitrogens with zero attached hydrogens (tertiary/aromatic N) is 2. The fourth-order valence-corrected chi connectivity index (χ4v) is 2.53. The summed E-state index contributed by atoms with van der Waals surface area (Å²) in [5, 5.41) is 12.2. The molecule has 0 N–H and O–H groups in total. The van der Waals surface area contributed by atoms with Crippen LogP contribution in [0, 0.1) is 5.21 Å². The minimum Gasteiger partial charge on any atom is -0.622 e. The van der Waals surface area contributed by atoms with E-state index in [-0.39, 0.29) is 0 Å². The van der Waals surface area contributed by atoms with Gasteiger partial charge in [-0.3, -0.25) is 0 Å². The van der Waals surface area contributed by atoms with E-state index in [1.54, 1.807) is 14.2 Å². The van der Waals surface area contributed by atoms with Crippen LogP contribution in [0.4, 0.5) is 5.69 Å². The van der Waals surface area contributed by atoms with Crippen LogP contribution in [0.2, 0.25) is 0 Å². The maximum Gasteiger partial charge on any atom is 0.229 e. The lowest BCUT2D eigenvalue weighted by Crippen LogP contribution is -2.23. The van der Waals surface area contributed by atoms with Crippen LogP contribution in [-0.2, 0) is 0 Å². The van der Waals surface area contributed by atoms with Gasteiger partial charge < -0.3 is 19.6 Å². The number of hydrogen-bond donors (Lipinski definition) is 0. The Morgan fingerprint density at radius 2 is 1.45 bits per heavy atom. The zero-order valence-corrected chi connectivity index (χ0v) is 12.7.